The number of hydrogen-bond acceptors (Lipinski definition) is 6. The molecule has 0 amide bonds. The van der Waals surface area contributed by atoms with Crippen LogP contribution in [-0.4, -0.2) is 56.0 Å². The van der Waals surface area contributed by atoms with E-state index < -0.39 is 18.2 Å². The smallest absolute Gasteiger partial charge is 0.138 e. The first kappa shape index (κ1) is 22.6. The van der Waals surface area contributed by atoms with E-state index in [1.807, 2.05) is 24.3 Å². The summed E-state index contributed by atoms with van der Waals surface area (Å²) in [5, 5.41) is 29.6. The number of imidazole rings is 1. The van der Waals surface area contributed by atoms with Gasteiger partial charge in [0.05, 0.1) is 31.2 Å². The SMILES string of the molecule is C[C@@H](O)c1nccn1[C@H](C#Cc1ccc(-c2ccc(S[C@H]3COC[C@@H]3O)cc2)cc1)CO. The maximum absolute atomic E-state index is 9.91. The van der Waals surface area contributed by atoms with Crippen LogP contribution >= 0.6 is 11.8 Å². The van der Waals surface area contributed by atoms with Crippen molar-refractivity contribution in [3.05, 3.63) is 72.3 Å². The van der Waals surface area contributed by atoms with Gasteiger partial charge >= 0.3 is 0 Å². The number of aromatic nitrogens is 2. The van der Waals surface area contributed by atoms with Crippen LogP contribution < -0.4 is 0 Å². The van der Waals surface area contributed by atoms with Gasteiger partial charge in [0.25, 0.3) is 0 Å². The van der Waals surface area contributed by atoms with Crippen molar-refractivity contribution in [3.63, 3.8) is 0 Å². The number of nitrogens with zero attached hydrogens (tertiary/aromatic N) is 2. The predicted molar refractivity (Wildman–Crippen MR) is 124 cm³/mol. The zero-order valence-electron chi connectivity index (χ0n) is 17.8. The molecule has 166 valence electrons. The second-order valence-electron chi connectivity index (χ2n) is 7.70. The van der Waals surface area contributed by atoms with E-state index in [-0.39, 0.29) is 11.9 Å². The van der Waals surface area contributed by atoms with Crippen molar-refractivity contribution in [1.82, 2.24) is 9.55 Å². The van der Waals surface area contributed by atoms with Gasteiger partial charge in [-0.25, -0.2) is 4.98 Å². The predicted octanol–water partition coefficient (Wildman–Crippen LogP) is 3.04. The highest BCUT2D eigenvalue weighted by atomic mass is 32.2. The molecule has 6 nitrogen and oxygen atoms in total. The summed E-state index contributed by atoms with van der Waals surface area (Å²) in [7, 11) is 0. The third kappa shape index (κ3) is 5.23. The van der Waals surface area contributed by atoms with Crippen LogP contribution in [0.2, 0.25) is 0 Å². The fourth-order valence-corrected chi connectivity index (χ4v) is 4.61. The van der Waals surface area contributed by atoms with Gasteiger partial charge in [0.2, 0.25) is 0 Å². The molecule has 3 N–H and O–H groups in total. The van der Waals surface area contributed by atoms with Crippen LogP contribution in [0.15, 0.2) is 65.8 Å². The lowest BCUT2D eigenvalue weighted by atomic mass is 10.0. The van der Waals surface area contributed by atoms with Crippen molar-refractivity contribution < 1.29 is 20.1 Å². The molecule has 1 fully saturated rings. The first-order valence-corrected chi connectivity index (χ1v) is 11.4. The van der Waals surface area contributed by atoms with Gasteiger partial charge in [-0.1, -0.05) is 36.1 Å². The highest BCUT2D eigenvalue weighted by Gasteiger charge is 2.26. The Labute approximate surface area is 191 Å². The molecule has 1 aromatic heterocycles. The Morgan fingerprint density at radius 3 is 2.41 bits per heavy atom. The third-order valence-electron chi connectivity index (χ3n) is 5.32. The highest BCUT2D eigenvalue weighted by Crippen LogP contribution is 2.30. The molecule has 2 aromatic carbocycles. The van der Waals surface area contributed by atoms with Crippen molar-refractivity contribution >= 4 is 11.8 Å². The standard InChI is InChI=1S/C25H26N2O4S/c1-17(29)25-26-12-13-27(25)21(14-28)9-4-18-2-5-19(6-3-18)20-7-10-22(11-8-20)32-24-16-31-15-23(24)30/h2-3,5-8,10-13,17,21,23-24,28-30H,14-16H2,1H3/t17-,21-,23+,24+/m1/s1. The molecule has 3 aromatic rings. The van der Waals surface area contributed by atoms with E-state index in [4.69, 9.17) is 4.74 Å². The van der Waals surface area contributed by atoms with E-state index in [0.29, 0.717) is 19.0 Å². The molecule has 2 heterocycles. The fraction of sp³-hybridized carbons (Fsp3) is 0.320. The Hall–Kier alpha value is -2.60. The van der Waals surface area contributed by atoms with Crippen molar-refractivity contribution in [1.29, 1.82) is 0 Å². The van der Waals surface area contributed by atoms with Gasteiger partial charge < -0.3 is 24.6 Å². The summed E-state index contributed by atoms with van der Waals surface area (Å²) in [6, 6.07) is 15.7. The number of rotatable bonds is 6. The summed E-state index contributed by atoms with van der Waals surface area (Å²) in [5.74, 6) is 6.65. The number of ether oxygens (including phenoxy) is 1. The van der Waals surface area contributed by atoms with E-state index in [9.17, 15) is 15.3 Å². The summed E-state index contributed by atoms with van der Waals surface area (Å²) in [6.07, 6.45) is 2.16. The summed E-state index contributed by atoms with van der Waals surface area (Å²) in [6.45, 7) is 2.45. The van der Waals surface area contributed by atoms with Gasteiger partial charge in [0, 0.05) is 22.9 Å². The minimum Gasteiger partial charge on any atom is -0.393 e. The van der Waals surface area contributed by atoms with Gasteiger partial charge in [-0.15, -0.1) is 11.8 Å². The third-order valence-corrected chi connectivity index (χ3v) is 6.62. The molecule has 1 aliphatic heterocycles. The fourth-order valence-electron chi connectivity index (χ4n) is 3.56. The molecule has 32 heavy (non-hydrogen) atoms. The van der Waals surface area contributed by atoms with Crippen molar-refractivity contribution in [3.8, 4) is 23.0 Å². The molecular weight excluding hydrogens is 424 g/mol. The molecule has 0 radical (unpaired) electrons. The van der Waals surface area contributed by atoms with Gasteiger partial charge in [-0.3, -0.25) is 0 Å². The molecule has 1 aliphatic rings. The van der Waals surface area contributed by atoms with Crippen LogP contribution in [0.5, 0.6) is 0 Å². The van der Waals surface area contributed by atoms with Crippen LogP contribution in [-0.2, 0) is 4.74 Å². The lowest BCUT2D eigenvalue weighted by Gasteiger charge is -2.14. The molecule has 4 atom stereocenters. The van der Waals surface area contributed by atoms with E-state index in [2.05, 4.69) is 41.1 Å². The van der Waals surface area contributed by atoms with Gasteiger partial charge in [-0.2, -0.15) is 0 Å². The quantitative estimate of drug-likeness (QED) is 0.501. The molecule has 0 unspecified atom stereocenters. The molecule has 7 heteroatoms. The molecule has 0 bridgehead atoms. The number of aliphatic hydroxyl groups excluding tert-OH is 3. The number of hydrogen-bond donors (Lipinski definition) is 3. The Morgan fingerprint density at radius 1 is 1.12 bits per heavy atom. The largest absolute Gasteiger partial charge is 0.393 e. The molecule has 1 saturated heterocycles. The maximum atomic E-state index is 9.91. The molecular formula is C25H26N2O4S. The molecule has 0 saturated carbocycles. The summed E-state index contributed by atoms with van der Waals surface area (Å²) in [5.41, 5.74) is 3.03. The highest BCUT2D eigenvalue weighted by molar-refractivity contribution is 8.00. The summed E-state index contributed by atoms with van der Waals surface area (Å²) in [4.78, 5) is 5.25. The van der Waals surface area contributed by atoms with Crippen molar-refractivity contribution in [2.45, 2.75) is 35.3 Å². The molecule has 0 aliphatic carbocycles. The van der Waals surface area contributed by atoms with E-state index in [1.165, 1.54) is 0 Å². The number of thioether (sulfide) groups is 1. The minimum atomic E-state index is -0.735. The average molecular weight is 451 g/mol. The van der Waals surface area contributed by atoms with E-state index in [0.717, 1.165) is 21.6 Å². The second kappa shape index (κ2) is 10.3. The minimum absolute atomic E-state index is 0.0837. The van der Waals surface area contributed by atoms with Crippen LogP contribution in [0.25, 0.3) is 11.1 Å². The molecule has 4 rings (SSSR count). The van der Waals surface area contributed by atoms with Crippen LogP contribution in [0.3, 0.4) is 0 Å². The van der Waals surface area contributed by atoms with Crippen LogP contribution in [0, 0.1) is 11.8 Å². The van der Waals surface area contributed by atoms with Crippen LogP contribution in [0.4, 0.5) is 0 Å². The summed E-state index contributed by atoms with van der Waals surface area (Å²) >= 11 is 1.64. The van der Waals surface area contributed by atoms with Gasteiger partial charge in [0.1, 0.15) is 18.0 Å². The molecule has 0 spiro atoms. The average Bonchev–Trinajstić information content (AvgIpc) is 3.45. The normalized spacial score (nSPS) is 19.9. The van der Waals surface area contributed by atoms with Crippen LogP contribution in [0.1, 0.15) is 30.5 Å². The Balaban J connectivity index is 1.44. The lowest BCUT2D eigenvalue weighted by Crippen LogP contribution is -2.19. The van der Waals surface area contributed by atoms with Gasteiger partial charge in [0.15, 0.2) is 0 Å². The maximum Gasteiger partial charge on any atom is 0.138 e. The number of benzene rings is 2. The first-order valence-electron chi connectivity index (χ1n) is 10.5. The topological polar surface area (TPSA) is 87.7 Å². The monoisotopic (exact) mass is 450 g/mol. The number of aliphatic hydroxyl groups is 3. The van der Waals surface area contributed by atoms with Crippen molar-refractivity contribution in [2.75, 3.05) is 19.8 Å². The van der Waals surface area contributed by atoms with Gasteiger partial charge in [-0.05, 0) is 42.3 Å². The zero-order chi connectivity index (χ0) is 22.5. The van der Waals surface area contributed by atoms with E-state index in [1.54, 1.807) is 35.6 Å². The second-order valence-corrected chi connectivity index (χ2v) is 9.01. The lowest BCUT2D eigenvalue weighted by molar-refractivity contribution is 0.127. The Kier molecular flexibility index (Phi) is 7.30. The summed E-state index contributed by atoms with van der Waals surface area (Å²) < 4.78 is 7.01. The first-order chi connectivity index (χ1) is 15.5. The van der Waals surface area contributed by atoms with E-state index >= 15 is 0 Å². The zero-order valence-corrected chi connectivity index (χ0v) is 18.6. The van der Waals surface area contributed by atoms with Crippen molar-refractivity contribution in [2.24, 2.45) is 0 Å². The Bertz CT molecular complexity index is 1080. The Morgan fingerprint density at radius 2 is 1.81 bits per heavy atom.